The van der Waals surface area contributed by atoms with Gasteiger partial charge in [-0.1, -0.05) is 72.8 Å². The molecule has 4 aliphatic rings. The van der Waals surface area contributed by atoms with Crippen molar-refractivity contribution in [2.75, 3.05) is 21.3 Å². The number of rotatable bonds is 10. The fourth-order valence-electron chi connectivity index (χ4n) is 10.8. The van der Waals surface area contributed by atoms with Crippen LogP contribution in [0, 0.1) is 5.92 Å². The van der Waals surface area contributed by atoms with E-state index >= 15 is 8.90 Å². The van der Waals surface area contributed by atoms with Crippen molar-refractivity contribution >= 4 is 76.1 Å². The molecule has 0 radical (unpaired) electrons. The van der Waals surface area contributed by atoms with Gasteiger partial charge in [-0.05, 0) is 90.4 Å². The van der Waals surface area contributed by atoms with E-state index in [0.29, 0.717) is 58.8 Å². The highest BCUT2D eigenvalue weighted by atomic mass is 28.4. The summed E-state index contributed by atoms with van der Waals surface area (Å²) in [4.78, 5) is 48.6. The normalized spacial score (nSPS) is 21.5. The number of ether oxygens (including phenoxy) is 1. The topological polar surface area (TPSA) is 121 Å². The van der Waals surface area contributed by atoms with Crippen LogP contribution in [0.3, 0.4) is 0 Å². The van der Waals surface area contributed by atoms with Crippen LogP contribution in [0.25, 0.3) is 21.5 Å². The highest BCUT2D eigenvalue weighted by Crippen LogP contribution is 2.61. The number of halogens is 1. The third kappa shape index (κ3) is 5.57. The van der Waals surface area contributed by atoms with Gasteiger partial charge in [-0.3, -0.25) is 28.9 Å². The predicted molar refractivity (Wildman–Crippen MR) is 238 cm³/mol. The van der Waals surface area contributed by atoms with Gasteiger partial charge >= 0.3 is 0 Å². The van der Waals surface area contributed by atoms with E-state index in [-0.39, 0.29) is 30.9 Å². The maximum absolute atomic E-state index is 16.8. The number of aliphatic hydroxyl groups excluding tert-OH is 1. The Morgan fingerprint density at radius 2 is 1.37 bits per heavy atom. The summed E-state index contributed by atoms with van der Waals surface area (Å²) in [5, 5.41) is 21.6. The van der Waals surface area contributed by atoms with Gasteiger partial charge in [0.05, 0.1) is 46.5 Å². The Morgan fingerprint density at radius 1 is 0.774 bits per heavy atom. The zero-order valence-electron chi connectivity index (χ0n) is 34.5. The first-order chi connectivity index (χ1) is 30.0. The van der Waals surface area contributed by atoms with Crippen molar-refractivity contribution in [3.05, 3.63) is 149 Å². The molecule has 3 amide bonds. The smallest absolute Gasteiger partial charge is 0.264 e. The van der Waals surface area contributed by atoms with Crippen molar-refractivity contribution in [3.8, 4) is 0 Å². The number of hydrogen-bond acceptors (Lipinski definition) is 7. The minimum absolute atomic E-state index is 0.0492. The van der Waals surface area contributed by atoms with Gasteiger partial charge in [0.2, 0.25) is 8.41 Å². The second-order valence-corrected chi connectivity index (χ2v) is 21.2. The molecule has 13 heteroatoms. The standard InChI is InChI=1S/C49H43FN6O5Si/c1-29-45(62(2,3)50)42(22-24-53-28-33(23-25-57)51-52-53)61-49(29)38-26-35(56-41-15-7-11-32-9-5-13-37(44(32)41)47(56)59)20-21-39(38)54(48(49)60)27-30-16-18-34(19-17-30)55-40-14-6-10-31-8-4-12-36(43(31)40)46(55)58/h4-21,26,28-29,42,45,57H,22-25,27H2,1-3H3/t29-,42+,45-,49+/m1/s1. The van der Waals surface area contributed by atoms with E-state index in [1.807, 2.05) is 122 Å². The molecule has 5 heterocycles. The number of aliphatic hydroxyl groups is 1. The Hall–Kier alpha value is -6.54. The molecule has 0 saturated carbocycles. The lowest BCUT2D eigenvalue weighted by atomic mass is 9.82. The quantitative estimate of drug-likeness (QED) is 0.108. The second-order valence-electron chi connectivity index (χ2n) is 17.4. The summed E-state index contributed by atoms with van der Waals surface area (Å²) >= 11 is 0. The van der Waals surface area contributed by atoms with Crippen molar-refractivity contribution in [1.29, 1.82) is 0 Å². The number of hydrogen-bond donors (Lipinski definition) is 1. The molecule has 6 aromatic carbocycles. The fraction of sp³-hybridized carbons (Fsp3) is 0.245. The zero-order chi connectivity index (χ0) is 42.7. The number of anilines is 5. The number of aromatic nitrogens is 3. The third-order valence-corrected chi connectivity index (χ3v) is 15.9. The summed E-state index contributed by atoms with van der Waals surface area (Å²) in [7, 11) is -3.50. The van der Waals surface area contributed by atoms with Gasteiger partial charge in [0.1, 0.15) is 0 Å². The van der Waals surface area contributed by atoms with Crippen LogP contribution in [-0.4, -0.2) is 58.9 Å². The van der Waals surface area contributed by atoms with Crippen LogP contribution in [0.15, 0.2) is 121 Å². The van der Waals surface area contributed by atoms with Gasteiger partial charge in [-0.2, -0.15) is 0 Å². The molecule has 0 unspecified atom stereocenters. The highest BCUT2D eigenvalue weighted by Gasteiger charge is 2.66. The van der Waals surface area contributed by atoms with Crippen molar-refractivity contribution < 1.29 is 28.3 Å². The second kappa shape index (κ2) is 14.0. The van der Waals surface area contributed by atoms with Crippen LogP contribution in [0.4, 0.5) is 32.5 Å². The van der Waals surface area contributed by atoms with Crippen LogP contribution in [0.5, 0.6) is 0 Å². The lowest BCUT2D eigenvalue weighted by Gasteiger charge is -2.31. The number of nitrogens with zero attached hydrogens (tertiary/aromatic N) is 6. The number of carbonyl (C=O) groups is 3. The molecule has 1 aromatic heterocycles. The Balaban J connectivity index is 0.977. The van der Waals surface area contributed by atoms with E-state index < -0.39 is 31.6 Å². The summed E-state index contributed by atoms with van der Waals surface area (Å²) in [6.07, 6.45) is 1.91. The molecular formula is C49H43FN6O5Si. The molecule has 0 bridgehead atoms. The van der Waals surface area contributed by atoms with Crippen LogP contribution >= 0.6 is 0 Å². The minimum Gasteiger partial charge on any atom is -0.396 e. The molecule has 1 spiro atoms. The molecule has 62 heavy (non-hydrogen) atoms. The van der Waals surface area contributed by atoms with E-state index in [4.69, 9.17) is 4.74 Å². The van der Waals surface area contributed by atoms with Crippen molar-refractivity contribution in [3.63, 3.8) is 0 Å². The molecule has 4 aliphatic heterocycles. The molecule has 1 N–H and O–H groups in total. The molecule has 0 aliphatic carbocycles. The van der Waals surface area contributed by atoms with E-state index in [1.165, 1.54) is 0 Å². The van der Waals surface area contributed by atoms with Gasteiger partial charge < -0.3 is 18.9 Å². The average molecular weight is 843 g/mol. The number of fused-ring (bicyclic) bond motifs is 2. The van der Waals surface area contributed by atoms with Crippen LogP contribution in [0.1, 0.15) is 50.9 Å². The SMILES string of the molecule is C[C@@H]1[C@@H]([Si](C)(C)F)[C@H](CCn2cc(CCO)nn2)O[C@@]12C(=O)N(Cc1ccc(N3C(=O)c4cccc5cccc3c45)cc1)c1ccc(N3C(=O)c4cccc5cccc3c45)cc12. The number of aryl methyl sites for hydroxylation is 1. The van der Waals surface area contributed by atoms with Crippen molar-refractivity contribution in [1.82, 2.24) is 15.0 Å². The monoisotopic (exact) mass is 842 g/mol. The molecular weight excluding hydrogens is 800 g/mol. The molecule has 1 fully saturated rings. The van der Waals surface area contributed by atoms with Crippen LogP contribution < -0.4 is 14.7 Å². The Morgan fingerprint density at radius 3 is 1.98 bits per heavy atom. The molecule has 11 rings (SSSR count). The molecule has 11 nitrogen and oxygen atoms in total. The average Bonchev–Trinajstić information content (AvgIpc) is 4.04. The first-order valence-corrected chi connectivity index (χ1v) is 24.1. The van der Waals surface area contributed by atoms with Crippen LogP contribution in [-0.2, 0) is 34.6 Å². The Bertz CT molecular complexity index is 3010. The van der Waals surface area contributed by atoms with Gasteiger partial charge in [-0.15, -0.1) is 5.10 Å². The number of amides is 3. The Labute approximate surface area is 358 Å². The minimum atomic E-state index is -3.50. The maximum atomic E-state index is 16.8. The summed E-state index contributed by atoms with van der Waals surface area (Å²) < 4.78 is 25.6. The van der Waals surface area contributed by atoms with E-state index in [2.05, 4.69) is 10.3 Å². The fourth-order valence-corrected chi connectivity index (χ4v) is 13.4. The van der Waals surface area contributed by atoms with Gasteiger partial charge in [0.25, 0.3) is 17.7 Å². The summed E-state index contributed by atoms with van der Waals surface area (Å²) in [6.45, 7) is 5.82. The number of benzene rings is 6. The maximum Gasteiger partial charge on any atom is 0.264 e. The van der Waals surface area contributed by atoms with E-state index in [1.54, 1.807) is 38.7 Å². The molecule has 310 valence electrons. The largest absolute Gasteiger partial charge is 0.396 e. The van der Waals surface area contributed by atoms with Gasteiger partial charge in [0, 0.05) is 64.9 Å². The summed E-state index contributed by atoms with van der Waals surface area (Å²) in [6, 6.07) is 36.6. The summed E-state index contributed by atoms with van der Waals surface area (Å²) in [5.41, 5.74) is 4.79. The lowest BCUT2D eigenvalue weighted by Crippen LogP contribution is -2.45. The Kier molecular flexibility index (Phi) is 8.66. The zero-order valence-corrected chi connectivity index (χ0v) is 35.5. The lowest BCUT2D eigenvalue weighted by molar-refractivity contribution is -0.146. The van der Waals surface area contributed by atoms with Gasteiger partial charge in [0.15, 0.2) is 5.60 Å². The third-order valence-electron chi connectivity index (χ3n) is 13.4. The predicted octanol–water partition coefficient (Wildman–Crippen LogP) is 9.12. The van der Waals surface area contributed by atoms with E-state index in [9.17, 15) is 14.7 Å². The molecule has 7 aromatic rings. The van der Waals surface area contributed by atoms with Gasteiger partial charge in [-0.25, -0.2) is 0 Å². The van der Waals surface area contributed by atoms with Crippen molar-refractivity contribution in [2.24, 2.45) is 5.92 Å². The number of carbonyl (C=O) groups excluding carboxylic acids is 3. The summed E-state index contributed by atoms with van der Waals surface area (Å²) in [5.74, 6) is -1.10. The van der Waals surface area contributed by atoms with Crippen molar-refractivity contribution in [2.45, 2.75) is 63.2 Å². The highest BCUT2D eigenvalue weighted by molar-refractivity contribution is 6.72. The first-order valence-electron chi connectivity index (χ1n) is 21.1. The van der Waals surface area contributed by atoms with E-state index in [0.717, 1.165) is 38.5 Å². The van der Waals surface area contributed by atoms with Crippen LogP contribution in [0.2, 0.25) is 18.6 Å². The molecule has 4 atom stereocenters. The molecule has 1 saturated heterocycles. The first kappa shape index (κ1) is 38.4.